The Balaban J connectivity index is 1.39. The lowest BCUT2D eigenvalue weighted by atomic mass is 10.1. The average Bonchev–Trinajstić information content (AvgIpc) is 3.15. The number of aryl methyl sites for hydroxylation is 1. The standard InChI is InChI=1S/C17H21N5O/c1-12-8-13-4-2-3-5-15(13)22(12)17(23)9-18-14-6-7-16-19-11-20-21(16)10-14/h2-5,11-12,14,18H,6-10H2,1H3/t12-,14-/m0/s1. The van der Waals surface area contributed by atoms with Crippen LogP contribution in [-0.4, -0.2) is 39.3 Å². The lowest BCUT2D eigenvalue weighted by Crippen LogP contribution is -2.46. The molecular weight excluding hydrogens is 290 g/mol. The first-order valence-electron chi connectivity index (χ1n) is 8.22. The Morgan fingerprint density at radius 3 is 3.17 bits per heavy atom. The first kappa shape index (κ1) is 14.4. The third-order valence-electron chi connectivity index (χ3n) is 4.82. The summed E-state index contributed by atoms with van der Waals surface area (Å²) >= 11 is 0. The Morgan fingerprint density at radius 2 is 2.26 bits per heavy atom. The highest BCUT2D eigenvalue weighted by molar-refractivity contribution is 5.97. The van der Waals surface area contributed by atoms with E-state index in [1.807, 2.05) is 27.8 Å². The molecule has 1 amide bonds. The van der Waals surface area contributed by atoms with Crippen LogP contribution in [0.25, 0.3) is 0 Å². The van der Waals surface area contributed by atoms with Crippen molar-refractivity contribution in [3.63, 3.8) is 0 Å². The van der Waals surface area contributed by atoms with Gasteiger partial charge in [0.25, 0.3) is 0 Å². The number of nitrogens with zero attached hydrogens (tertiary/aromatic N) is 4. The second-order valence-electron chi connectivity index (χ2n) is 6.42. The van der Waals surface area contributed by atoms with Crippen molar-refractivity contribution in [3.05, 3.63) is 42.0 Å². The molecule has 1 aromatic carbocycles. The number of amides is 1. The van der Waals surface area contributed by atoms with Gasteiger partial charge in [-0.05, 0) is 31.4 Å². The highest BCUT2D eigenvalue weighted by atomic mass is 16.2. The lowest BCUT2D eigenvalue weighted by Gasteiger charge is -2.26. The maximum absolute atomic E-state index is 12.7. The molecule has 1 N–H and O–H groups in total. The topological polar surface area (TPSA) is 63.1 Å². The van der Waals surface area contributed by atoms with Gasteiger partial charge < -0.3 is 10.2 Å². The van der Waals surface area contributed by atoms with Crippen LogP contribution in [0.15, 0.2) is 30.6 Å². The number of para-hydroxylation sites is 1. The number of rotatable bonds is 3. The van der Waals surface area contributed by atoms with Crippen molar-refractivity contribution >= 4 is 11.6 Å². The predicted molar refractivity (Wildman–Crippen MR) is 87.2 cm³/mol. The minimum absolute atomic E-state index is 0.145. The maximum atomic E-state index is 12.7. The smallest absolute Gasteiger partial charge is 0.241 e. The van der Waals surface area contributed by atoms with Crippen LogP contribution in [0.1, 0.15) is 24.7 Å². The van der Waals surface area contributed by atoms with E-state index in [4.69, 9.17) is 0 Å². The van der Waals surface area contributed by atoms with Crippen molar-refractivity contribution in [1.82, 2.24) is 20.1 Å². The van der Waals surface area contributed by atoms with E-state index in [0.717, 1.165) is 37.3 Å². The van der Waals surface area contributed by atoms with E-state index in [0.29, 0.717) is 6.54 Å². The zero-order valence-electron chi connectivity index (χ0n) is 13.3. The average molecular weight is 311 g/mol. The third-order valence-corrected chi connectivity index (χ3v) is 4.82. The van der Waals surface area contributed by atoms with Gasteiger partial charge in [0.1, 0.15) is 12.2 Å². The summed E-state index contributed by atoms with van der Waals surface area (Å²) in [6.07, 6.45) is 4.45. The number of nitrogens with one attached hydrogen (secondary N) is 1. The fourth-order valence-corrected chi connectivity index (χ4v) is 3.67. The minimum atomic E-state index is 0.145. The fourth-order valence-electron chi connectivity index (χ4n) is 3.67. The number of anilines is 1. The highest BCUT2D eigenvalue weighted by Gasteiger charge is 2.30. The zero-order chi connectivity index (χ0) is 15.8. The molecular formula is C17H21N5O. The molecule has 0 spiro atoms. The molecule has 2 aliphatic rings. The zero-order valence-corrected chi connectivity index (χ0v) is 13.3. The monoisotopic (exact) mass is 311 g/mol. The van der Waals surface area contributed by atoms with E-state index in [-0.39, 0.29) is 18.0 Å². The summed E-state index contributed by atoms with van der Waals surface area (Å²) in [6.45, 7) is 3.27. The molecule has 6 heteroatoms. The Bertz CT molecular complexity index is 725. The Labute approximate surface area is 135 Å². The summed E-state index contributed by atoms with van der Waals surface area (Å²) in [4.78, 5) is 18.9. The van der Waals surface area contributed by atoms with Crippen LogP contribution >= 0.6 is 0 Å². The van der Waals surface area contributed by atoms with E-state index >= 15 is 0 Å². The molecule has 120 valence electrons. The third kappa shape index (κ3) is 2.63. The molecule has 0 bridgehead atoms. The van der Waals surface area contributed by atoms with Gasteiger partial charge in [-0.25, -0.2) is 9.67 Å². The summed E-state index contributed by atoms with van der Waals surface area (Å²) in [5.74, 6) is 1.18. The molecule has 1 aromatic heterocycles. The van der Waals surface area contributed by atoms with Crippen LogP contribution in [-0.2, 0) is 24.2 Å². The molecule has 0 aliphatic carbocycles. The van der Waals surface area contributed by atoms with Crippen molar-refractivity contribution in [1.29, 1.82) is 0 Å². The summed E-state index contributed by atoms with van der Waals surface area (Å²) < 4.78 is 1.93. The van der Waals surface area contributed by atoms with Gasteiger partial charge in [0.05, 0.1) is 13.1 Å². The first-order chi connectivity index (χ1) is 11.2. The van der Waals surface area contributed by atoms with E-state index in [9.17, 15) is 4.79 Å². The first-order valence-corrected chi connectivity index (χ1v) is 8.22. The quantitative estimate of drug-likeness (QED) is 0.924. The molecule has 0 saturated heterocycles. The highest BCUT2D eigenvalue weighted by Crippen LogP contribution is 2.31. The Kier molecular flexibility index (Phi) is 3.61. The van der Waals surface area contributed by atoms with Crippen molar-refractivity contribution in [3.8, 4) is 0 Å². The second-order valence-corrected chi connectivity index (χ2v) is 6.42. The maximum Gasteiger partial charge on any atom is 0.241 e. The summed E-state index contributed by atoms with van der Waals surface area (Å²) in [7, 11) is 0. The van der Waals surface area contributed by atoms with Gasteiger partial charge in [-0.3, -0.25) is 4.79 Å². The molecule has 4 rings (SSSR count). The second kappa shape index (κ2) is 5.77. The van der Waals surface area contributed by atoms with Crippen LogP contribution in [0, 0.1) is 0 Å². The SMILES string of the molecule is C[C@H]1Cc2ccccc2N1C(=O)CN[C@H]1CCc2ncnn2C1. The van der Waals surface area contributed by atoms with Crippen LogP contribution in [0.4, 0.5) is 5.69 Å². The van der Waals surface area contributed by atoms with Crippen LogP contribution in [0.2, 0.25) is 0 Å². The molecule has 0 saturated carbocycles. The number of hydrogen-bond acceptors (Lipinski definition) is 4. The minimum Gasteiger partial charge on any atom is -0.308 e. The molecule has 0 radical (unpaired) electrons. The fraction of sp³-hybridized carbons (Fsp3) is 0.471. The summed E-state index contributed by atoms with van der Waals surface area (Å²) in [5.41, 5.74) is 2.33. The van der Waals surface area contributed by atoms with Gasteiger partial charge in [-0.2, -0.15) is 5.10 Å². The largest absolute Gasteiger partial charge is 0.308 e. The molecule has 23 heavy (non-hydrogen) atoms. The summed E-state index contributed by atoms with van der Waals surface area (Å²) in [6, 6.07) is 8.70. The summed E-state index contributed by atoms with van der Waals surface area (Å²) in [5, 5.41) is 7.62. The number of carbonyl (C=O) groups is 1. The molecule has 0 unspecified atom stereocenters. The van der Waals surface area contributed by atoms with Crippen LogP contribution in [0.3, 0.4) is 0 Å². The van der Waals surface area contributed by atoms with Crippen LogP contribution in [0.5, 0.6) is 0 Å². The van der Waals surface area contributed by atoms with Gasteiger partial charge in [0.2, 0.25) is 5.91 Å². The van der Waals surface area contributed by atoms with E-state index in [1.165, 1.54) is 5.56 Å². The van der Waals surface area contributed by atoms with Gasteiger partial charge >= 0.3 is 0 Å². The number of aromatic nitrogens is 3. The number of benzene rings is 1. The Morgan fingerprint density at radius 1 is 1.39 bits per heavy atom. The van der Waals surface area contributed by atoms with Crippen molar-refractivity contribution in [2.75, 3.05) is 11.4 Å². The Hall–Kier alpha value is -2.21. The number of hydrogen-bond donors (Lipinski definition) is 1. The van der Waals surface area contributed by atoms with Crippen LogP contribution < -0.4 is 10.2 Å². The van der Waals surface area contributed by atoms with Gasteiger partial charge in [0.15, 0.2) is 0 Å². The normalized spacial score (nSPS) is 22.7. The molecule has 2 aromatic rings. The van der Waals surface area contributed by atoms with E-state index in [1.54, 1.807) is 6.33 Å². The van der Waals surface area contributed by atoms with Gasteiger partial charge in [-0.15, -0.1) is 0 Å². The molecule has 6 nitrogen and oxygen atoms in total. The lowest BCUT2D eigenvalue weighted by molar-refractivity contribution is -0.118. The van der Waals surface area contributed by atoms with Gasteiger partial charge in [0, 0.05) is 24.2 Å². The number of fused-ring (bicyclic) bond motifs is 2. The number of carbonyl (C=O) groups excluding carboxylic acids is 1. The van der Waals surface area contributed by atoms with Crippen molar-refractivity contribution in [2.24, 2.45) is 0 Å². The van der Waals surface area contributed by atoms with Gasteiger partial charge in [-0.1, -0.05) is 18.2 Å². The van der Waals surface area contributed by atoms with Crippen molar-refractivity contribution in [2.45, 2.75) is 44.8 Å². The molecule has 2 atom stereocenters. The molecule has 0 fully saturated rings. The predicted octanol–water partition coefficient (Wildman–Crippen LogP) is 1.16. The van der Waals surface area contributed by atoms with E-state index < -0.39 is 0 Å². The van der Waals surface area contributed by atoms with Crippen molar-refractivity contribution < 1.29 is 4.79 Å². The van der Waals surface area contributed by atoms with E-state index in [2.05, 4.69) is 28.4 Å². The molecule has 2 aliphatic heterocycles. The molecule has 3 heterocycles.